The number of Topliss-reactive ketones (excluding diaryl/α,β-unsaturated/α-hetero) is 1. The zero-order valence-electron chi connectivity index (χ0n) is 9.66. The molecule has 5 heteroatoms. The van der Waals surface area contributed by atoms with E-state index in [0.717, 1.165) is 0 Å². The van der Waals surface area contributed by atoms with E-state index in [9.17, 15) is 9.59 Å². The lowest BCUT2D eigenvalue weighted by molar-refractivity contribution is -0.154. The van der Waals surface area contributed by atoms with Crippen molar-refractivity contribution in [2.45, 2.75) is 38.3 Å². The van der Waals surface area contributed by atoms with Gasteiger partial charge in [0, 0.05) is 19.8 Å². The molecule has 5 nitrogen and oxygen atoms in total. The van der Waals surface area contributed by atoms with Crippen LogP contribution in [0.25, 0.3) is 0 Å². The molecule has 1 heterocycles. The fraction of sp³-hybridized carbons (Fsp3) is 0.583. The normalized spacial score (nSPS) is 31.6. The number of hydrogen-bond donors (Lipinski definition) is 1. The van der Waals surface area contributed by atoms with Crippen molar-refractivity contribution < 1.29 is 14.3 Å². The highest BCUT2D eigenvalue weighted by molar-refractivity contribution is 5.85. The first kappa shape index (κ1) is 11.6. The number of nitrogens with zero attached hydrogens (tertiary/aromatic N) is 1. The third kappa shape index (κ3) is 2.03. The zero-order valence-corrected chi connectivity index (χ0v) is 9.66. The van der Waals surface area contributed by atoms with Gasteiger partial charge in [-0.3, -0.25) is 9.59 Å². The van der Waals surface area contributed by atoms with E-state index in [1.807, 2.05) is 6.07 Å². The summed E-state index contributed by atoms with van der Waals surface area (Å²) in [6.45, 7) is 1.39. The SMILES string of the molecule is CC(=O)N[C@@]12CCCC(=O)C1CC=C(C#N)O2. The van der Waals surface area contributed by atoms with Crippen LogP contribution in [-0.4, -0.2) is 17.4 Å². The summed E-state index contributed by atoms with van der Waals surface area (Å²) in [4.78, 5) is 23.1. The molecule has 0 spiro atoms. The minimum absolute atomic E-state index is 0.0956. The molecule has 0 aromatic rings. The Bertz CT molecular complexity index is 436. The van der Waals surface area contributed by atoms with Gasteiger partial charge in [0.1, 0.15) is 11.9 Å². The predicted molar refractivity (Wildman–Crippen MR) is 58.3 cm³/mol. The number of hydrogen-bond acceptors (Lipinski definition) is 4. The number of ether oxygens (including phenoxy) is 1. The van der Waals surface area contributed by atoms with Crippen molar-refractivity contribution in [3.05, 3.63) is 11.8 Å². The van der Waals surface area contributed by atoms with Gasteiger partial charge in [0.05, 0.1) is 5.92 Å². The van der Waals surface area contributed by atoms with Crippen LogP contribution in [0.15, 0.2) is 11.8 Å². The lowest BCUT2D eigenvalue weighted by atomic mass is 9.76. The van der Waals surface area contributed by atoms with Gasteiger partial charge in [-0.25, -0.2) is 0 Å². The smallest absolute Gasteiger partial charge is 0.219 e. The average Bonchev–Trinajstić information content (AvgIpc) is 2.27. The molecule has 0 bridgehead atoms. The topological polar surface area (TPSA) is 79.2 Å². The number of allylic oxidation sites excluding steroid dienone is 2. The van der Waals surface area contributed by atoms with Crippen LogP contribution in [0.3, 0.4) is 0 Å². The number of rotatable bonds is 1. The number of nitrogens with one attached hydrogen (secondary N) is 1. The molecule has 0 aromatic heterocycles. The number of amides is 1. The van der Waals surface area contributed by atoms with E-state index in [1.165, 1.54) is 6.92 Å². The van der Waals surface area contributed by atoms with E-state index in [1.54, 1.807) is 6.08 Å². The van der Waals surface area contributed by atoms with Crippen molar-refractivity contribution in [1.29, 1.82) is 5.26 Å². The third-order valence-electron chi connectivity index (χ3n) is 3.25. The molecule has 1 N–H and O–H groups in total. The van der Waals surface area contributed by atoms with Crippen LogP contribution in [0.2, 0.25) is 0 Å². The van der Waals surface area contributed by atoms with Gasteiger partial charge in [-0.2, -0.15) is 5.26 Å². The highest BCUT2D eigenvalue weighted by Gasteiger charge is 2.49. The maximum Gasteiger partial charge on any atom is 0.219 e. The molecule has 2 atom stereocenters. The second kappa shape index (κ2) is 4.21. The van der Waals surface area contributed by atoms with Gasteiger partial charge in [-0.1, -0.05) is 0 Å². The van der Waals surface area contributed by atoms with E-state index in [0.29, 0.717) is 25.7 Å². The summed E-state index contributed by atoms with van der Waals surface area (Å²) in [6.07, 6.45) is 3.84. The summed E-state index contributed by atoms with van der Waals surface area (Å²) in [5.41, 5.74) is -0.999. The standard InChI is InChI=1S/C12H14N2O3/c1-8(15)14-12-6-2-3-11(16)10(12)5-4-9(7-13)17-12/h4,10H,2-3,5-6H2,1H3,(H,14,15)/t10?,12-/m1/s1. The minimum atomic E-state index is -0.999. The highest BCUT2D eigenvalue weighted by Crippen LogP contribution is 2.39. The largest absolute Gasteiger partial charge is 0.457 e. The van der Waals surface area contributed by atoms with Crippen molar-refractivity contribution >= 4 is 11.7 Å². The first-order valence-electron chi connectivity index (χ1n) is 5.68. The van der Waals surface area contributed by atoms with Crippen LogP contribution in [0.4, 0.5) is 0 Å². The lowest BCUT2D eigenvalue weighted by Gasteiger charge is -2.44. The van der Waals surface area contributed by atoms with Gasteiger partial charge in [0.2, 0.25) is 5.91 Å². The number of carbonyl (C=O) groups is 2. The maximum absolute atomic E-state index is 11.9. The summed E-state index contributed by atoms with van der Waals surface area (Å²) < 4.78 is 5.56. The van der Waals surface area contributed by atoms with Gasteiger partial charge in [0.15, 0.2) is 11.5 Å². The van der Waals surface area contributed by atoms with Crippen LogP contribution in [0.1, 0.15) is 32.6 Å². The van der Waals surface area contributed by atoms with E-state index in [-0.39, 0.29) is 23.4 Å². The second-order valence-electron chi connectivity index (χ2n) is 4.46. The Labute approximate surface area is 99.4 Å². The molecule has 2 aliphatic rings. The fourth-order valence-electron chi connectivity index (χ4n) is 2.58. The van der Waals surface area contributed by atoms with Crippen LogP contribution in [0, 0.1) is 17.2 Å². The van der Waals surface area contributed by atoms with Crippen molar-refractivity contribution in [1.82, 2.24) is 5.32 Å². The zero-order chi connectivity index (χ0) is 12.5. The molecule has 1 amide bonds. The molecular weight excluding hydrogens is 220 g/mol. The molecule has 17 heavy (non-hydrogen) atoms. The molecule has 1 unspecified atom stereocenters. The Balaban J connectivity index is 2.34. The Morgan fingerprint density at radius 1 is 1.71 bits per heavy atom. The van der Waals surface area contributed by atoms with Crippen molar-refractivity contribution in [3.63, 3.8) is 0 Å². The van der Waals surface area contributed by atoms with Crippen molar-refractivity contribution in [2.75, 3.05) is 0 Å². The van der Waals surface area contributed by atoms with E-state index < -0.39 is 5.72 Å². The Morgan fingerprint density at radius 3 is 3.12 bits per heavy atom. The first-order chi connectivity index (χ1) is 8.07. The van der Waals surface area contributed by atoms with Crippen LogP contribution in [0.5, 0.6) is 0 Å². The van der Waals surface area contributed by atoms with Gasteiger partial charge >= 0.3 is 0 Å². The molecule has 0 aromatic carbocycles. The van der Waals surface area contributed by atoms with Crippen molar-refractivity contribution in [3.8, 4) is 6.07 Å². The van der Waals surface area contributed by atoms with Crippen LogP contribution >= 0.6 is 0 Å². The summed E-state index contributed by atoms with van der Waals surface area (Å²) >= 11 is 0. The van der Waals surface area contributed by atoms with Gasteiger partial charge in [0.25, 0.3) is 0 Å². The monoisotopic (exact) mass is 234 g/mol. The maximum atomic E-state index is 11.9. The number of carbonyl (C=O) groups excluding carboxylic acids is 2. The van der Waals surface area contributed by atoms with E-state index in [2.05, 4.69) is 5.32 Å². The molecule has 1 aliphatic heterocycles. The summed E-state index contributed by atoms with van der Waals surface area (Å²) in [6, 6.07) is 1.93. The molecule has 0 saturated heterocycles. The van der Waals surface area contributed by atoms with Crippen LogP contribution in [-0.2, 0) is 14.3 Å². The van der Waals surface area contributed by atoms with Gasteiger partial charge in [-0.15, -0.1) is 0 Å². The molecular formula is C12H14N2O3. The number of ketones is 1. The first-order valence-corrected chi connectivity index (χ1v) is 5.68. The fourth-order valence-corrected chi connectivity index (χ4v) is 2.58. The molecule has 1 fully saturated rings. The van der Waals surface area contributed by atoms with Gasteiger partial charge < -0.3 is 10.1 Å². The number of nitriles is 1. The molecule has 1 aliphatic carbocycles. The molecule has 2 rings (SSSR count). The predicted octanol–water partition coefficient (Wildman–Crippen LogP) is 1.02. The van der Waals surface area contributed by atoms with Gasteiger partial charge in [-0.05, 0) is 18.9 Å². The molecule has 1 saturated carbocycles. The summed E-state index contributed by atoms with van der Waals surface area (Å²) in [5.74, 6) is -0.330. The number of fused-ring (bicyclic) bond motifs is 1. The van der Waals surface area contributed by atoms with E-state index >= 15 is 0 Å². The molecule has 90 valence electrons. The quantitative estimate of drug-likeness (QED) is 0.734. The third-order valence-corrected chi connectivity index (χ3v) is 3.25. The molecule has 0 radical (unpaired) electrons. The van der Waals surface area contributed by atoms with Crippen molar-refractivity contribution in [2.24, 2.45) is 5.92 Å². The Hall–Kier alpha value is -1.83. The van der Waals surface area contributed by atoms with Crippen LogP contribution < -0.4 is 5.32 Å². The second-order valence-corrected chi connectivity index (χ2v) is 4.46. The lowest BCUT2D eigenvalue weighted by Crippen LogP contribution is -2.60. The minimum Gasteiger partial charge on any atom is -0.457 e. The Kier molecular flexibility index (Phi) is 2.88. The van der Waals surface area contributed by atoms with E-state index in [4.69, 9.17) is 10.00 Å². The average molecular weight is 234 g/mol. The summed E-state index contributed by atoms with van der Waals surface area (Å²) in [5, 5.41) is 11.6. The summed E-state index contributed by atoms with van der Waals surface area (Å²) in [7, 11) is 0. The Morgan fingerprint density at radius 2 is 2.47 bits per heavy atom. The highest BCUT2D eigenvalue weighted by atomic mass is 16.5.